The molecule has 5 nitrogen and oxygen atoms in total. The lowest BCUT2D eigenvalue weighted by molar-refractivity contribution is 0.214. The number of nitrogens with two attached hydrogens (primary N) is 1. The molecule has 0 aliphatic carbocycles. The molecule has 0 amide bonds. The summed E-state index contributed by atoms with van der Waals surface area (Å²) < 4.78 is 25.7. The summed E-state index contributed by atoms with van der Waals surface area (Å²) in [5, 5.41) is 9.14. The van der Waals surface area contributed by atoms with Gasteiger partial charge in [-0.3, -0.25) is 0 Å². The smallest absolute Gasteiger partial charge is 0.244 e. The maximum atomic E-state index is 12.3. The van der Waals surface area contributed by atoms with Crippen LogP contribution in [0.4, 0.5) is 5.69 Å². The van der Waals surface area contributed by atoms with Crippen molar-refractivity contribution in [3.63, 3.8) is 0 Å². The van der Waals surface area contributed by atoms with Gasteiger partial charge in [-0.1, -0.05) is 11.6 Å². The molecule has 0 aliphatic heterocycles. The molecule has 0 fully saturated rings. The second kappa shape index (κ2) is 5.44. The summed E-state index contributed by atoms with van der Waals surface area (Å²) in [5.74, 6) is 0. The van der Waals surface area contributed by atoms with Gasteiger partial charge in [-0.05, 0) is 31.5 Å². The van der Waals surface area contributed by atoms with Crippen molar-refractivity contribution in [3.05, 3.63) is 22.7 Å². The average Bonchev–Trinajstić information content (AvgIpc) is 2.31. The molecule has 0 radical (unpaired) electrons. The van der Waals surface area contributed by atoms with Crippen LogP contribution in [0.5, 0.6) is 0 Å². The fourth-order valence-corrected chi connectivity index (χ4v) is 3.32. The standard InChI is InChI=1S/C11H17ClN2O3S/c1-7-4-9(12)11(5-10(7)13)18(16,17)14(3)8(2)6-15/h4-5,8,15H,6,13H2,1-3H3. The van der Waals surface area contributed by atoms with E-state index in [2.05, 4.69) is 0 Å². The molecule has 7 heteroatoms. The molecule has 1 aromatic carbocycles. The van der Waals surface area contributed by atoms with Crippen LogP contribution in [-0.2, 0) is 10.0 Å². The van der Waals surface area contributed by atoms with Gasteiger partial charge < -0.3 is 10.8 Å². The summed E-state index contributed by atoms with van der Waals surface area (Å²) in [7, 11) is -2.37. The van der Waals surface area contributed by atoms with E-state index in [1.54, 1.807) is 13.8 Å². The Labute approximate surface area is 112 Å². The number of nitrogens with zero attached hydrogens (tertiary/aromatic N) is 1. The van der Waals surface area contributed by atoms with Crippen LogP contribution in [0.2, 0.25) is 5.02 Å². The number of anilines is 1. The number of hydrogen-bond acceptors (Lipinski definition) is 4. The highest BCUT2D eigenvalue weighted by Crippen LogP contribution is 2.29. The topological polar surface area (TPSA) is 83.6 Å². The van der Waals surface area contributed by atoms with Crippen LogP contribution in [0.3, 0.4) is 0 Å². The number of nitrogen functional groups attached to an aromatic ring is 1. The monoisotopic (exact) mass is 292 g/mol. The van der Waals surface area contributed by atoms with Crippen LogP contribution >= 0.6 is 11.6 Å². The summed E-state index contributed by atoms with van der Waals surface area (Å²) >= 11 is 5.95. The quantitative estimate of drug-likeness (QED) is 0.818. The van der Waals surface area contributed by atoms with E-state index in [0.29, 0.717) is 5.69 Å². The first-order chi connectivity index (χ1) is 8.21. The molecule has 18 heavy (non-hydrogen) atoms. The van der Waals surface area contributed by atoms with Crippen LogP contribution in [0, 0.1) is 6.92 Å². The minimum atomic E-state index is -3.76. The number of benzene rings is 1. The van der Waals surface area contributed by atoms with Crippen molar-refractivity contribution in [2.45, 2.75) is 24.8 Å². The van der Waals surface area contributed by atoms with Gasteiger partial charge in [0.05, 0.1) is 11.6 Å². The maximum Gasteiger partial charge on any atom is 0.244 e. The molecular formula is C11H17ClN2O3S. The number of sulfonamides is 1. The molecule has 0 aliphatic rings. The molecule has 0 saturated carbocycles. The van der Waals surface area contributed by atoms with E-state index in [9.17, 15) is 8.42 Å². The zero-order chi connectivity index (χ0) is 14.1. The third-order valence-electron chi connectivity index (χ3n) is 2.86. The Balaban J connectivity index is 3.33. The Morgan fingerprint density at radius 2 is 2.06 bits per heavy atom. The fourth-order valence-electron chi connectivity index (χ4n) is 1.37. The lowest BCUT2D eigenvalue weighted by Crippen LogP contribution is -2.37. The van der Waals surface area contributed by atoms with Crippen LogP contribution in [0.25, 0.3) is 0 Å². The number of hydrogen-bond donors (Lipinski definition) is 2. The lowest BCUT2D eigenvalue weighted by atomic mass is 10.2. The first kappa shape index (κ1) is 15.2. The zero-order valence-corrected chi connectivity index (χ0v) is 12.1. The van der Waals surface area contributed by atoms with Crippen LogP contribution in [0.1, 0.15) is 12.5 Å². The second-order valence-electron chi connectivity index (χ2n) is 4.19. The molecule has 1 unspecified atom stereocenters. The van der Waals surface area contributed by atoms with Crippen molar-refractivity contribution >= 4 is 27.3 Å². The largest absolute Gasteiger partial charge is 0.398 e. The van der Waals surface area contributed by atoms with Crippen LogP contribution in [-0.4, -0.2) is 37.5 Å². The fraction of sp³-hybridized carbons (Fsp3) is 0.455. The van der Waals surface area contributed by atoms with Gasteiger partial charge in [0.2, 0.25) is 10.0 Å². The normalized spacial score (nSPS) is 13.9. The van der Waals surface area contributed by atoms with E-state index in [1.807, 2.05) is 0 Å². The summed E-state index contributed by atoms with van der Waals surface area (Å²) in [6.45, 7) is 3.08. The van der Waals surface area contributed by atoms with E-state index in [-0.39, 0.29) is 16.5 Å². The Morgan fingerprint density at radius 1 is 1.50 bits per heavy atom. The highest BCUT2D eigenvalue weighted by molar-refractivity contribution is 7.89. The van der Waals surface area contributed by atoms with Crippen molar-refractivity contribution < 1.29 is 13.5 Å². The minimum absolute atomic E-state index is 0.0462. The SMILES string of the molecule is Cc1cc(Cl)c(S(=O)(=O)N(C)C(C)CO)cc1N. The third-order valence-corrected chi connectivity index (χ3v) is 5.30. The molecule has 0 bridgehead atoms. The molecule has 1 aromatic rings. The molecule has 1 rings (SSSR count). The van der Waals surface area contributed by atoms with Gasteiger partial charge in [0.1, 0.15) is 4.90 Å². The van der Waals surface area contributed by atoms with Gasteiger partial charge in [0.15, 0.2) is 0 Å². The molecule has 3 N–H and O–H groups in total. The number of halogens is 1. The van der Waals surface area contributed by atoms with Crippen LogP contribution in [0.15, 0.2) is 17.0 Å². The number of aliphatic hydroxyl groups is 1. The van der Waals surface area contributed by atoms with Crippen molar-refractivity contribution in [2.24, 2.45) is 0 Å². The molecule has 102 valence electrons. The number of rotatable bonds is 4. The van der Waals surface area contributed by atoms with Gasteiger partial charge >= 0.3 is 0 Å². The van der Waals surface area contributed by atoms with Crippen LogP contribution < -0.4 is 5.73 Å². The first-order valence-corrected chi connectivity index (χ1v) is 7.18. The summed E-state index contributed by atoms with van der Waals surface area (Å²) in [4.78, 5) is -0.0462. The first-order valence-electron chi connectivity index (χ1n) is 5.36. The Bertz CT molecular complexity index is 545. The number of aliphatic hydroxyl groups excluding tert-OH is 1. The Morgan fingerprint density at radius 3 is 2.56 bits per heavy atom. The predicted molar refractivity (Wildman–Crippen MR) is 72.1 cm³/mol. The van der Waals surface area contributed by atoms with Crippen molar-refractivity contribution in [3.8, 4) is 0 Å². The van der Waals surface area contributed by atoms with Gasteiger partial charge in [-0.2, -0.15) is 4.31 Å². The Kier molecular flexibility index (Phi) is 4.61. The minimum Gasteiger partial charge on any atom is -0.398 e. The summed E-state index contributed by atoms with van der Waals surface area (Å²) in [6, 6.07) is 2.32. The highest BCUT2D eigenvalue weighted by Gasteiger charge is 2.27. The van der Waals surface area contributed by atoms with E-state index in [0.717, 1.165) is 9.87 Å². The van der Waals surface area contributed by atoms with E-state index in [4.69, 9.17) is 22.4 Å². The number of aryl methyl sites for hydroxylation is 1. The molecule has 0 saturated heterocycles. The molecule has 0 spiro atoms. The third kappa shape index (κ3) is 2.77. The second-order valence-corrected chi connectivity index (χ2v) is 6.57. The van der Waals surface area contributed by atoms with E-state index < -0.39 is 16.1 Å². The lowest BCUT2D eigenvalue weighted by Gasteiger charge is -2.23. The average molecular weight is 293 g/mol. The zero-order valence-electron chi connectivity index (χ0n) is 10.5. The molecule has 1 atom stereocenters. The highest BCUT2D eigenvalue weighted by atomic mass is 35.5. The van der Waals surface area contributed by atoms with Crippen molar-refractivity contribution in [2.75, 3.05) is 19.4 Å². The van der Waals surface area contributed by atoms with Gasteiger partial charge in [0.25, 0.3) is 0 Å². The summed E-state index contributed by atoms with van der Waals surface area (Å²) in [6.07, 6.45) is 0. The molecule has 0 heterocycles. The molecule has 0 aromatic heterocycles. The number of likely N-dealkylation sites (N-methyl/N-ethyl adjacent to an activating group) is 1. The van der Waals surface area contributed by atoms with Gasteiger partial charge in [-0.25, -0.2) is 8.42 Å². The van der Waals surface area contributed by atoms with Gasteiger partial charge in [0, 0.05) is 18.8 Å². The van der Waals surface area contributed by atoms with Gasteiger partial charge in [-0.15, -0.1) is 0 Å². The van der Waals surface area contributed by atoms with E-state index in [1.165, 1.54) is 19.2 Å². The van der Waals surface area contributed by atoms with E-state index >= 15 is 0 Å². The predicted octanol–water partition coefficient (Wildman–Crippen LogP) is 1.23. The Hall–Kier alpha value is -0.820. The maximum absolute atomic E-state index is 12.3. The van der Waals surface area contributed by atoms with Crippen molar-refractivity contribution in [1.82, 2.24) is 4.31 Å². The molecular weight excluding hydrogens is 276 g/mol. The summed E-state index contributed by atoms with van der Waals surface area (Å²) in [5.41, 5.74) is 6.79. The van der Waals surface area contributed by atoms with Crippen molar-refractivity contribution in [1.29, 1.82) is 0 Å².